The number of fused-ring (bicyclic) bond motifs is 1. The number of rotatable bonds is 2. The Kier molecular flexibility index (Phi) is 13.3. The van der Waals surface area contributed by atoms with Crippen molar-refractivity contribution in [3.63, 3.8) is 0 Å². The van der Waals surface area contributed by atoms with Gasteiger partial charge in [-0.1, -0.05) is 49.2 Å². The lowest BCUT2D eigenvalue weighted by Crippen LogP contribution is -2.50. The molecule has 1 aliphatic rings. The fourth-order valence-electron chi connectivity index (χ4n) is 3.89. The van der Waals surface area contributed by atoms with Crippen molar-refractivity contribution in [2.45, 2.75) is 58.6 Å². The van der Waals surface area contributed by atoms with E-state index in [0.29, 0.717) is 19.5 Å². The standard InChI is InChI=1S/C22H34N4O4.C7H7F/c1-4-8-18-22(29)26(3)15-21(28)25-14-20(27)23-12-7-10-17-9-5-6-11-19(17)30-16(2)13-24-18;1-6-2-4-7(8)5-3-6/h5-6,9,11,16,18,24H,4,7-8,10,12-15H2,1-3H3,(H,23,27)(H,25,28);2-5H,1H3/t16-,18?;/m1./s1. The first-order valence-electron chi connectivity index (χ1n) is 13.2. The van der Waals surface area contributed by atoms with E-state index in [1.54, 1.807) is 19.2 Å². The van der Waals surface area contributed by atoms with Gasteiger partial charge in [0, 0.05) is 20.1 Å². The number of carbonyl (C=O) groups is 3. The summed E-state index contributed by atoms with van der Waals surface area (Å²) < 4.78 is 18.2. The predicted octanol–water partition coefficient (Wildman–Crippen LogP) is 2.98. The minimum absolute atomic E-state index is 0.0898. The summed E-state index contributed by atoms with van der Waals surface area (Å²) in [6.07, 6.45) is 2.90. The summed E-state index contributed by atoms with van der Waals surface area (Å²) in [7, 11) is 1.60. The summed E-state index contributed by atoms with van der Waals surface area (Å²) >= 11 is 0. The van der Waals surface area contributed by atoms with Crippen molar-refractivity contribution >= 4 is 17.7 Å². The summed E-state index contributed by atoms with van der Waals surface area (Å²) in [6, 6.07) is 13.9. The van der Waals surface area contributed by atoms with Crippen LogP contribution in [-0.4, -0.2) is 68.0 Å². The smallest absolute Gasteiger partial charge is 0.240 e. The third-order valence-corrected chi connectivity index (χ3v) is 5.99. The maximum Gasteiger partial charge on any atom is 0.240 e. The number of hydrogen-bond donors (Lipinski definition) is 3. The van der Waals surface area contributed by atoms with Gasteiger partial charge in [-0.2, -0.15) is 0 Å². The highest BCUT2D eigenvalue weighted by Crippen LogP contribution is 2.21. The number of ether oxygens (including phenoxy) is 1. The van der Waals surface area contributed by atoms with Crippen molar-refractivity contribution in [3.8, 4) is 5.75 Å². The zero-order valence-electron chi connectivity index (χ0n) is 22.9. The Morgan fingerprint density at radius 2 is 1.74 bits per heavy atom. The number of amides is 3. The molecule has 0 fully saturated rings. The monoisotopic (exact) mass is 528 g/mol. The minimum Gasteiger partial charge on any atom is -0.489 e. The van der Waals surface area contributed by atoms with Crippen LogP contribution in [0.25, 0.3) is 0 Å². The first-order valence-corrected chi connectivity index (χ1v) is 13.2. The molecule has 2 atom stereocenters. The number of hydrogen-bond acceptors (Lipinski definition) is 5. The van der Waals surface area contributed by atoms with Crippen molar-refractivity contribution in [1.29, 1.82) is 0 Å². The lowest BCUT2D eigenvalue weighted by Gasteiger charge is -2.26. The Hall–Kier alpha value is -3.46. The molecule has 3 N–H and O–H groups in total. The lowest BCUT2D eigenvalue weighted by molar-refractivity contribution is -0.136. The summed E-state index contributed by atoms with van der Waals surface area (Å²) in [5.41, 5.74) is 2.17. The summed E-state index contributed by atoms with van der Waals surface area (Å²) in [5, 5.41) is 8.67. The zero-order valence-corrected chi connectivity index (χ0v) is 22.9. The van der Waals surface area contributed by atoms with E-state index >= 15 is 0 Å². The topological polar surface area (TPSA) is 99.8 Å². The highest BCUT2D eigenvalue weighted by Gasteiger charge is 2.23. The molecule has 0 saturated carbocycles. The molecule has 9 heteroatoms. The maximum atomic E-state index is 12.8. The van der Waals surface area contributed by atoms with E-state index in [4.69, 9.17) is 4.74 Å². The van der Waals surface area contributed by atoms with Crippen LogP contribution in [0.4, 0.5) is 4.39 Å². The van der Waals surface area contributed by atoms with Gasteiger partial charge in [-0.05, 0) is 56.9 Å². The number of halogens is 1. The largest absolute Gasteiger partial charge is 0.489 e. The van der Waals surface area contributed by atoms with Crippen LogP contribution in [0.5, 0.6) is 5.75 Å². The average molecular weight is 529 g/mol. The highest BCUT2D eigenvalue weighted by molar-refractivity contribution is 5.89. The second-order valence-electron chi connectivity index (χ2n) is 9.51. The molecule has 0 saturated heterocycles. The molecule has 1 aliphatic heterocycles. The van der Waals surface area contributed by atoms with Crippen LogP contribution < -0.4 is 20.7 Å². The van der Waals surface area contributed by atoms with E-state index in [2.05, 4.69) is 16.0 Å². The molecular weight excluding hydrogens is 487 g/mol. The van der Waals surface area contributed by atoms with E-state index in [1.165, 1.54) is 17.0 Å². The number of carbonyl (C=O) groups excluding carboxylic acids is 3. The number of benzene rings is 2. The molecule has 3 rings (SSSR count). The van der Waals surface area contributed by atoms with Crippen LogP contribution in [0, 0.1) is 12.7 Å². The number of nitrogens with zero attached hydrogens (tertiary/aromatic N) is 1. The third kappa shape index (κ3) is 11.3. The molecule has 8 nitrogen and oxygen atoms in total. The molecule has 38 heavy (non-hydrogen) atoms. The van der Waals surface area contributed by atoms with E-state index < -0.39 is 6.04 Å². The molecule has 0 spiro atoms. The fourth-order valence-corrected chi connectivity index (χ4v) is 3.89. The number of likely N-dealkylation sites (N-methyl/N-ethyl adjacent to an activating group) is 1. The Labute approximate surface area is 225 Å². The van der Waals surface area contributed by atoms with Crippen molar-refractivity contribution in [1.82, 2.24) is 20.9 Å². The van der Waals surface area contributed by atoms with Gasteiger partial charge < -0.3 is 25.6 Å². The normalized spacial score (nSPS) is 19.9. The van der Waals surface area contributed by atoms with Gasteiger partial charge in [0.25, 0.3) is 0 Å². The number of aryl methyl sites for hydroxylation is 2. The molecule has 3 amide bonds. The van der Waals surface area contributed by atoms with Crippen LogP contribution in [-0.2, 0) is 20.8 Å². The second-order valence-corrected chi connectivity index (χ2v) is 9.51. The lowest BCUT2D eigenvalue weighted by atomic mass is 10.1. The van der Waals surface area contributed by atoms with Crippen LogP contribution >= 0.6 is 0 Å². The van der Waals surface area contributed by atoms with Crippen LogP contribution in [0.2, 0.25) is 0 Å². The molecule has 1 heterocycles. The fraction of sp³-hybridized carbons (Fsp3) is 0.483. The quantitative estimate of drug-likeness (QED) is 0.557. The molecule has 208 valence electrons. The second kappa shape index (κ2) is 16.4. The van der Waals surface area contributed by atoms with Crippen LogP contribution in [0.15, 0.2) is 48.5 Å². The molecule has 2 aromatic rings. The van der Waals surface area contributed by atoms with Crippen molar-refractivity contribution < 1.29 is 23.5 Å². The van der Waals surface area contributed by atoms with Gasteiger partial charge in [0.1, 0.15) is 17.7 Å². The number of para-hydroxylation sites is 1. The van der Waals surface area contributed by atoms with E-state index in [-0.39, 0.29) is 42.7 Å². The third-order valence-electron chi connectivity index (χ3n) is 5.99. The van der Waals surface area contributed by atoms with E-state index in [0.717, 1.165) is 36.1 Å². The van der Waals surface area contributed by atoms with Gasteiger partial charge in [-0.15, -0.1) is 0 Å². The Balaban J connectivity index is 0.000000538. The number of nitrogens with one attached hydrogen (secondary N) is 3. The Morgan fingerprint density at radius 3 is 2.42 bits per heavy atom. The summed E-state index contributed by atoms with van der Waals surface area (Å²) in [4.78, 5) is 38.3. The Bertz CT molecular complexity index is 1010. The molecule has 0 bridgehead atoms. The molecule has 0 aromatic heterocycles. The SMILES string of the molecule is CCCC1NC[C@@H](C)Oc2ccccc2CCCNC(=O)CNC(=O)CN(C)C1=O.Cc1ccc(F)cc1. The summed E-state index contributed by atoms with van der Waals surface area (Å²) in [6.45, 7) is 6.74. The Morgan fingerprint density at radius 1 is 1.03 bits per heavy atom. The van der Waals surface area contributed by atoms with Gasteiger partial charge in [-0.3, -0.25) is 14.4 Å². The average Bonchev–Trinajstić information content (AvgIpc) is 2.90. The molecular formula is C29H41FN4O4. The molecule has 0 aliphatic carbocycles. The van der Waals surface area contributed by atoms with Gasteiger partial charge in [0.15, 0.2) is 0 Å². The van der Waals surface area contributed by atoms with Gasteiger partial charge in [0.05, 0.1) is 19.1 Å². The van der Waals surface area contributed by atoms with Gasteiger partial charge in [0.2, 0.25) is 17.7 Å². The maximum absolute atomic E-state index is 12.8. The van der Waals surface area contributed by atoms with Crippen LogP contribution in [0.3, 0.4) is 0 Å². The minimum atomic E-state index is -0.392. The van der Waals surface area contributed by atoms with Gasteiger partial charge >= 0.3 is 0 Å². The molecule has 1 unspecified atom stereocenters. The highest BCUT2D eigenvalue weighted by atomic mass is 19.1. The first kappa shape index (κ1) is 30.8. The van der Waals surface area contributed by atoms with Crippen LogP contribution in [0.1, 0.15) is 44.2 Å². The predicted molar refractivity (Wildman–Crippen MR) is 146 cm³/mol. The zero-order chi connectivity index (χ0) is 27.9. The van der Waals surface area contributed by atoms with Gasteiger partial charge in [-0.25, -0.2) is 4.39 Å². The van der Waals surface area contributed by atoms with E-state index in [9.17, 15) is 18.8 Å². The first-order chi connectivity index (χ1) is 18.2. The van der Waals surface area contributed by atoms with Crippen molar-refractivity contribution in [2.75, 3.05) is 33.2 Å². The van der Waals surface area contributed by atoms with Crippen molar-refractivity contribution in [3.05, 3.63) is 65.5 Å². The molecule has 2 aromatic carbocycles. The summed E-state index contributed by atoms with van der Waals surface area (Å²) in [5.74, 6) is -0.104. The van der Waals surface area contributed by atoms with Crippen molar-refractivity contribution in [2.24, 2.45) is 0 Å². The molecule has 0 radical (unpaired) electrons. The van der Waals surface area contributed by atoms with E-state index in [1.807, 2.05) is 45.0 Å².